The van der Waals surface area contributed by atoms with Crippen molar-refractivity contribution in [3.05, 3.63) is 0 Å². The molecule has 2 nitrogen and oxygen atoms in total. The first kappa shape index (κ1) is 13.7. The number of nitrogens with zero attached hydrogens (tertiary/aromatic N) is 1. The second-order valence-electron chi connectivity index (χ2n) is 5.81. The van der Waals surface area contributed by atoms with Crippen LogP contribution in [0.15, 0.2) is 0 Å². The first-order valence-corrected chi connectivity index (χ1v) is 8.29. The van der Waals surface area contributed by atoms with E-state index in [1.54, 1.807) is 0 Å². The standard InChI is InChI=1S/C14H28N2S/c1-12-10-16(11-13(2)17-12)9-5-8-15-14-6-3-4-7-14/h12-15H,3-11H2,1-2H3. The fraction of sp³-hybridized carbons (Fsp3) is 1.00. The highest BCUT2D eigenvalue weighted by atomic mass is 32.2. The zero-order chi connectivity index (χ0) is 12.1. The van der Waals surface area contributed by atoms with Crippen LogP contribution in [-0.4, -0.2) is 47.6 Å². The van der Waals surface area contributed by atoms with Crippen LogP contribution in [-0.2, 0) is 0 Å². The van der Waals surface area contributed by atoms with E-state index in [1.807, 2.05) is 0 Å². The lowest BCUT2D eigenvalue weighted by Crippen LogP contribution is -2.41. The summed E-state index contributed by atoms with van der Waals surface area (Å²) in [4.78, 5) is 2.65. The Balaban J connectivity index is 1.54. The zero-order valence-electron chi connectivity index (χ0n) is 11.5. The third-order valence-electron chi connectivity index (χ3n) is 3.93. The van der Waals surface area contributed by atoms with E-state index in [1.165, 1.54) is 58.3 Å². The normalized spacial score (nSPS) is 32.1. The fourth-order valence-electron chi connectivity index (χ4n) is 3.21. The highest BCUT2D eigenvalue weighted by molar-refractivity contribution is 8.00. The summed E-state index contributed by atoms with van der Waals surface area (Å²) in [6.45, 7) is 9.82. The molecule has 0 spiro atoms. The van der Waals surface area contributed by atoms with Crippen molar-refractivity contribution in [3.8, 4) is 0 Å². The average Bonchev–Trinajstić information content (AvgIpc) is 2.76. The quantitative estimate of drug-likeness (QED) is 0.762. The van der Waals surface area contributed by atoms with E-state index < -0.39 is 0 Å². The van der Waals surface area contributed by atoms with Crippen molar-refractivity contribution in [2.75, 3.05) is 26.2 Å². The molecular formula is C14H28N2S. The lowest BCUT2D eigenvalue weighted by molar-refractivity contribution is 0.265. The van der Waals surface area contributed by atoms with Gasteiger partial charge in [0, 0.05) is 29.6 Å². The van der Waals surface area contributed by atoms with Crippen molar-refractivity contribution in [2.24, 2.45) is 0 Å². The topological polar surface area (TPSA) is 15.3 Å². The molecule has 0 aromatic carbocycles. The van der Waals surface area contributed by atoms with Gasteiger partial charge in [-0.05, 0) is 32.4 Å². The van der Waals surface area contributed by atoms with Gasteiger partial charge in [0.25, 0.3) is 0 Å². The molecule has 3 heteroatoms. The summed E-state index contributed by atoms with van der Waals surface area (Å²) in [6.07, 6.45) is 7.02. The van der Waals surface area contributed by atoms with Crippen LogP contribution in [0.2, 0.25) is 0 Å². The van der Waals surface area contributed by atoms with Crippen LogP contribution >= 0.6 is 11.8 Å². The Hall–Kier alpha value is 0.270. The predicted molar refractivity (Wildman–Crippen MR) is 77.8 cm³/mol. The molecule has 1 aliphatic carbocycles. The van der Waals surface area contributed by atoms with Gasteiger partial charge in [-0.15, -0.1) is 0 Å². The maximum absolute atomic E-state index is 3.71. The molecular weight excluding hydrogens is 228 g/mol. The third-order valence-corrected chi connectivity index (χ3v) is 5.16. The van der Waals surface area contributed by atoms with Crippen molar-refractivity contribution >= 4 is 11.8 Å². The van der Waals surface area contributed by atoms with Crippen LogP contribution in [0.1, 0.15) is 46.0 Å². The largest absolute Gasteiger partial charge is 0.314 e. The van der Waals surface area contributed by atoms with E-state index in [2.05, 4.69) is 35.8 Å². The summed E-state index contributed by atoms with van der Waals surface area (Å²) < 4.78 is 0. The second kappa shape index (κ2) is 7.01. The molecule has 1 N–H and O–H groups in total. The van der Waals surface area contributed by atoms with E-state index in [4.69, 9.17) is 0 Å². The molecule has 100 valence electrons. The highest BCUT2D eigenvalue weighted by Crippen LogP contribution is 2.24. The molecule has 0 aromatic heterocycles. The van der Waals surface area contributed by atoms with Gasteiger partial charge in [0.1, 0.15) is 0 Å². The fourth-order valence-corrected chi connectivity index (χ4v) is 4.59. The van der Waals surface area contributed by atoms with E-state index in [-0.39, 0.29) is 0 Å². The van der Waals surface area contributed by atoms with Crippen molar-refractivity contribution in [3.63, 3.8) is 0 Å². The molecule has 2 atom stereocenters. The maximum atomic E-state index is 3.71. The summed E-state index contributed by atoms with van der Waals surface area (Å²) in [7, 11) is 0. The number of rotatable bonds is 5. The Labute approximate surface area is 111 Å². The SMILES string of the molecule is CC1CN(CCCNC2CCCC2)CC(C)S1. The molecule has 1 heterocycles. The minimum absolute atomic E-state index is 0.821. The number of thioether (sulfide) groups is 1. The van der Waals surface area contributed by atoms with Gasteiger partial charge in [-0.25, -0.2) is 0 Å². The maximum Gasteiger partial charge on any atom is 0.0149 e. The summed E-state index contributed by atoms with van der Waals surface area (Å²) >= 11 is 2.15. The van der Waals surface area contributed by atoms with E-state index in [0.717, 1.165) is 16.5 Å². The first-order valence-electron chi connectivity index (χ1n) is 7.35. The van der Waals surface area contributed by atoms with Crippen LogP contribution in [0.4, 0.5) is 0 Å². The minimum Gasteiger partial charge on any atom is -0.314 e. The average molecular weight is 256 g/mol. The van der Waals surface area contributed by atoms with Crippen LogP contribution < -0.4 is 5.32 Å². The molecule has 1 saturated heterocycles. The Bertz CT molecular complexity index is 206. The van der Waals surface area contributed by atoms with E-state index >= 15 is 0 Å². The Morgan fingerprint density at radius 2 is 1.76 bits per heavy atom. The van der Waals surface area contributed by atoms with E-state index in [9.17, 15) is 0 Å². The van der Waals surface area contributed by atoms with Gasteiger partial charge in [-0.1, -0.05) is 26.7 Å². The summed E-state index contributed by atoms with van der Waals surface area (Å²) in [5, 5.41) is 5.35. The smallest absolute Gasteiger partial charge is 0.0149 e. The van der Waals surface area contributed by atoms with Gasteiger partial charge < -0.3 is 10.2 Å². The molecule has 17 heavy (non-hydrogen) atoms. The highest BCUT2D eigenvalue weighted by Gasteiger charge is 2.21. The lowest BCUT2D eigenvalue weighted by atomic mass is 10.2. The van der Waals surface area contributed by atoms with Gasteiger partial charge in [-0.3, -0.25) is 0 Å². The molecule has 2 fully saturated rings. The molecule has 1 saturated carbocycles. The van der Waals surface area contributed by atoms with Crippen LogP contribution in [0, 0.1) is 0 Å². The van der Waals surface area contributed by atoms with Gasteiger partial charge >= 0.3 is 0 Å². The minimum atomic E-state index is 0.821. The van der Waals surface area contributed by atoms with Crippen molar-refractivity contribution in [1.29, 1.82) is 0 Å². The summed E-state index contributed by atoms with van der Waals surface area (Å²) in [5.41, 5.74) is 0. The van der Waals surface area contributed by atoms with Crippen LogP contribution in [0.3, 0.4) is 0 Å². The molecule has 0 bridgehead atoms. The predicted octanol–water partition coefficient (Wildman–Crippen LogP) is 2.73. The van der Waals surface area contributed by atoms with Crippen molar-refractivity contribution < 1.29 is 0 Å². The number of nitrogens with one attached hydrogen (secondary N) is 1. The van der Waals surface area contributed by atoms with Crippen LogP contribution in [0.25, 0.3) is 0 Å². The van der Waals surface area contributed by atoms with E-state index in [0.29, 0.717) is 0 Å². The van der Waals surface area contributed by atoms with Gasteiger partial charge in [0.05, 0.1) is 0 Å². The Morgan fingerprint density at radius 1 is 1.12 bits per heavy atom. The summed E-state index contributed by atoms with van der Waals surface area (Å²) in [6, 6.07) is 0.838. The summed E-state index contributed by atoms with van der Waals surface area (Å²) in [5.74, 6) is 0. The van der Waals surface area contributed by atoms with Gasteiger partial charge in [-0.2, -0.15) is 11.8 Å². The van der Waals surface area contributed by atoms with Crippen molar-refractivity contribution in [2.45, 2.75) is 62.5 Å². The molecule has 0 aromatic rings. The molecule has 2 unspecified atom stereocenters. The Kier molecular flexibility index (Phi) is 5.64. The molecule has 0 radical (unpaired) electrons. The first-order chi connectivity index (χ1) is 8.24. The molecule has 2 aliphatic rings. The molecule has 1 aliphatic heterocycles. The number of hydrogen-bond donors (Lipinski definition) is 1. The Morgan fingerprint density at radius 3 is 2.41 bits per heavy atom. The molecule has 0 amide bonds. The third kappa shape index (κ3) is 4.80. The molecule has 2 rings (SSSR count). The lowest BCUT2D eigenvalue weighted by Gasteiger charge is -2.34. The van der Waals surface area contributed by atoms with Crippen LogP contribution in [0.5, 0.6) is 0 Å². The monoisotopic (exact) mass is 256 g/mol. The van der Waals surface area contributed by atoms with Crippen molar-refractivity contribution in [1.82, 2.24) is 10.2 Å². The van der Waals surface area contributed by atoms with Gasteiger partial charge in [0.2, 0.25) is 0 Å². The zero-order valence-corrected chi connectivity index (χ0v) is 12.3. The second-order valence-corrected chi connectivity index (χ2v) is 7.69. The number of hydrogen-bond acceptors (Lipinski definition) is 3. The van der Waals surface area contributed by atoms with Gasteiger partial charge in [0.15, 0.2) is 0 Å².